The molecule has 1 aromatic carbocycles. The van der Waals surface area contributed by atoms with Crippen molar-refractivity contribution in [2.24, 2.45) is 0 Å². The van der Waals surface area contributed by atoms with Gasteiger partial charge in [0.15, 0.2) is 11.6 Å². The molecule has 14 heteroatoms. The van der Waals surface area contributed by atoms with Gasteiger partial charge in [0.25, 0.3) is 18.8 Å². The van der Waals surface area contributed by atoms with Crippen LogP contribution in [0.5, 0.6) is 0 Å². The number of carbonyl (C=O) groups is 1. The van der Waals surface area contributed by atoms with Gasteiger partial charge in [0.2, 0.25) is 0 Å². The average molecular weight is 551 g/mol. The molecule has 0 saturated carbocycles. The van der Waals surface area contributed by atoms with Crippen molar-refractivity contribution in [2.75, 3.05) is 5.32 Å². The van der Waals surface area contributed by atoms with Gasteiger partial charge < -0.3 is 9.73 Å². The molecule has 4 rings (SSSR count). The lowest BCUT2D eigenvalue weighted by atomic mass is 10.2. The highest BCUT2D eigenvalue weighted by Crippen LogP contribution is 2.27. The molecule has 0 spiro atoms. The van der Waals surface area contributed by atoms with E-state index in [1.807, 2.05) is 0 Å². The number of halogens is 7. The second-order valence-corrected chi connectivity index (χ2v) is 8.47. The molecule has 0 bridgehead atoms. The molecule has 1 amide bonds. The van der Waals surface area contributed by atoms with Gasteiger partial charge in [0.1, 0.15) is 22.2 Å². The molecule has 1 N–H and O–H groups in total. The molecule has 0 unspecified atom stereocenters. The van der Waals surface area contributed by atoms with E-state index in [9.17, 15) is 22.4 Å². The summed E-state index contributed by atoms with van der Waals surface area (Å²) in [6.45, 7) is -0.0764. The molecule has 0 aliphatic heterocycles. The maximum atomic E-state index is 13.2. The van der Waals surface area contributed by atoms with Gasteiger partial charge in [0.05, 0.1) is 23.1 Å². The summed E-state index contributed by atoms with van der Waals surface area (Å²) in [7, 11) is 0. The lowest BCUT2D eigenvalue weighted by molar-refractivity contribution is 0.0993. The zero-order chi connectivity index (χ0) is 25.3. The van der Waals surface area contributed by atoms with Crippen molar-refractivity contribution in [1.82, 2.24) is 19.6 Å². The Labute approximate surface area is 210 Å². The van der Waals surface area contributed by atoms with Crippen molar-refractivity contribution in [3.05, 3.63) is 86.1 Å². The topological polar surface area (TPSA) is 77.9 Å². The van der Waals surface area contributed by atoms with E-state index >= 15 is 0 Å². The van der Waals surface area contributed by atoms with E-state index in [2.05, 4.69) is 15.5 Å². The van der Waals surface area contributed by atoms with Gasteiger partial charge >= 0.3 is 0 Å². The van der Waals surface area contributed by atoms with E-state index in [1.54, 1.807) is 18.2 Å². The van der Waals surface area contributed by atoms with Crippen LogP contribution < -0.4 is 5.32 Å². The van der Waals surface area contributed by atoms with Crippen molar-refractivity contribution in [3.8, 4) is 0 Å². The molecule has 0 radical (unpaired) electrons. The van der Waals surface area contributed by atoms with Crippen molar-refractivity contribution in [3.63, 3.8) is 0 Å². The normalized spacial score (nSPS) is 11.6. The molecule has 0 aliphatic rings. The summed E-state index contributed by atoms with van der Waals surface area (Å²) in [4.78, 5) is 12.6. The second-order valence-electron chi connectivity index (χ2n) is 7.24. The number of amides is 1. The number of nitrogens with one attached hydrogen (secondary N) is 1. The van der Waals surface area contributed by atoms with Crippen molar-refractivity contribution in [1.29, 1.82) is 0 Å². The Morgan fingerprint density at radius 2 is 1.71 bits per heavy atom. The SMILES string of the molecule is O=C(Nc1nn(Cc2ccc(Cl)c(Cl)c2)cc1Cl)c1ccc(Cn2nc(C(F)F)cc2C(F)F)o1. The molecule has 184 valence electrons. The number of benzene rings is 1. The van der Waals surface area contributed by atoms with Gasteiger partial charge in [-0.3, -0.25) is 14.2 Å². The third-order valence-electron chi connectivity index (χ3n) is 4.75. The first-order valence-corrected chi connectivity index (χ1v) is 10.9. The largest absolute Gasteiger partial charge is 0.454 e. The quantitative estimate of drug-likeness (QED) is 0.243. The van der Waals surface area contributed by atoms with E-state index in [0.29, 0.717) is 27.3 Å². The maximum absolute atomic E-state index is 13.2. The highest BCUT2D eigenvalue weighted by atomic mass is 35.5. The van der Waals surface area contributed by atoms with Gasteiger partial charge in [-0.2, -0.15) is 10.2 Å². The van der Waals surface area contributed by atoms with Crippen LogP contribution in [0.3, 0.4) is 0 Å². The Hall–Kier alpha value is -3.02. The summed E-state index contributed by atoms with van der Waals surface area (Å²) in [6.07, 6.45) is -4.53. The van der Waals surface area contributed by atoms with Crippen LogP contribution in [0.25, 0.3) is 0 Å². The summed E-state index contributed by atoms with van der Waals surface area (Å²) in [5.74, 6) is -0.767. The molecule has 7 nitrogen and oxygen atoms in total. The fraction of sp³-hybridized carbons (Fsp3) is 0.190. The van der Waals surface area contributed by atoms with Gasteiger partial charge in [-0.05, 0) is 35.9 Å². The van der Waals surface area contributed by atoms with Gasteiger partial charge in [-0.25, -0.2) is 17.6 Å². The van der Waals surface area contributed by atoms with Crippen LogP contribution >= 0.6 is 34.8 Å². The van der Waals surface area contributed by atoms with E-state index in [1.165, 1.54) is 23.0 Å². The summed E-state index contributed by atoms with van der Waals surface area (Å²) in [5.41, 5.74) is -0.679. The standard InChI is InChI=1S/C21H14Cl3F4N5O2/c22-12-3-1-10(5-13(12)23)7-32-9-14(24)20(31-32)29-21(34)17-4-2-11(35-17)8-33-16(19(27)28)6-15(30-33)18(25)26/h1-6,9,18-19H,7-8H2,(H,29,31,34). The van der Waals surface area contributed by atoms with Crippen LogP contribution in [-0.2, 0) is 13.1 Å². The Balaban J connectivity index is 1.45. The van der Waals surface area contributed by atoms with Gasteiger partial charge in [0, 0.05) is 6.20 Å². The fourth-order valence-electron chi connectivity index (χ4n) is 3.15. The van der Waals surface area contributed by atoms with Crippen LogP contribution in [0.1, 0.15) is 46.1 Å². The van der Waals surface area contributed by atoms with Gasteiger partial charge in [-0.1, -0.05) is 40.9 Å². The number of hydrogen-bond acceptors (Lipinski definition) is 4. The predicted octanol–water partition coefficient (Wildman–Crippen LogP) is 6.86. The average Bonchev–Trinajstić information content (AvgIpc) is 3.51. The smallest absolute Gasteiger partial charge is 0.292 e. The Kier molecular flexibility index (Phi) is 7.39. The van der Waals surface area contributed by atoms with Crippen LogP contribution in [0.4, 0.5) is 23.4 Å². The van der Waals surface area contributed by atoms with Crippen LogP contribution in [0.15, 0.2) is 47.0 Å². The predicted molar refractivity (Wildman–Crippen MR) is 121 cm³/mol. The van der Waals surface area contributed by atoms with Crippen LogP contribution in [0, 0.1) is 0 Å². The molecule has 0 saturated heterocycles. The number of furan rings is 1. The fourth-order valence-corrected chi connectivity index (χ4v) is 3.67. The highest BCUT2D eigenvalue weighted by Gasteiger charge is 2.22. The Morgan fingerprint density at radius 1 is 0.943 bits per heavy atom. The number of aromatic nitrogens is 4. The van der Waals surface area contributed by atoms with E-state index < -0.39 is 30.1 Å². The summed E-state index contributed by atoms with van der Waals surface area (Å²) < 4.78 is 59.6. The molecule has 0 atom stereocenters. The number of hydrogen-bond donors (Lipinski definition) is 1. The number of anilines is 1. The summed E-state index contributed by atoms with van der Waals surface area (Å²) in [6, 6.07) is 8.34. The number of rotatable bonds is 8. The van der Waals surface area contributed by atoms with E-state index in [4.69, 9.17) is 39.2 Å². The molecular weight excluding hydrogens is 537 g/mol. The van der Waals surface area contributed by atoms with Crippen molar-refractivity contribution >= 4 is 46.5 Å². The minimum absolute atomic E-state index is 0.0530. The minimum Gasteiger partial charge on any atom is -0.454 e. The van der Waals surface area contributed by atoms with E-state index in [-0.39, 0.29) is 28.9 Å². The van der Waals surface area contributed by atoms with Crippen LogP contribution in [0.2, 0.25) is 15.1 Å². The monoisotopic (exact) mass is 549 g/mol. The molecule has 3 aromatic heterocycles. The minimum atomic E-state index is -3.02. The molecule has 0 fully saturated rings. The van der Waals surface area contributed by atoms with Crippen molar-refractivity contribution in [2.45, 2.75) is 25.9 Å². The maximum Gasteiger partial charge on any atom is 0.292 e. The first-order chi connectivity index (χ1) is 16.6. The zero-order valence-electron chi connectivity index (χ0n) is 17.4. The third-order valence-corrected chi connectivity index (χ3v) is 5.76. The number of carbonyl (C=O) groups excluding carboxylic acids is 1. The van der Waals surface area contributed by atoms with Crippen molar-refractivity contribution < 1.29 is 26.8 Å². The first kappa shape index (κ1) is 25.1. The Bertz CT molecular complexity index is 1370. The molecule has 3 heterocycles. The molecule has 35 heavy (non-hydrogen) atoms. The van der Waals surface area contributed by atoms with Gasteiger partial charge in [-0.15, -0.1) is 0 Å². The zero-order valence-corrected chi connectivity index (χ0v) is 19.6. The third kappa shape index (κ3) is 5.80. The van der Waals surface area contributed by atoms with E-state index in [0.717, 1.165) is 5.56 Å². The summed E-state index contributed by atoms with van der Waals surface area (Å²) in [5, 5.41) is 11.1. The number of alkyl halides is 4. The number of nitrogens with zero attached hydrogens (tertiary/aromatic N) is 4. The Morgan fingerprint density at radius 3 is 2.40 bits per heavy atom. The summed E-state index contributed by atoms with van der Waals surface area (Å²) >= 11 is 18.1. The molecule has 4 aromatic rings. The molecular formula is C21H14Cl3F4N5O2. The molecule has 0 aliphatic carbocycles. The highest BCUT2D eigenvalue weighted by molar-refractivity contribution is 6.42. The first-order valence-electron chi connectivity index (χ1n) is 9.81. The lowest BCUT2D eigenvalue weighted by Crippen LogP contribution is -2.12. The second kappa shape index (κ2) is 10.3. The van der Waals surface area contributed by atoms with Crippen LogP contribution in [-0.4, -0.2) is 25.5 Å². The lowest BCUT2D eigenvalue weighted by Gasteiger charge is -2.05.